The molecule has 3 saturated heterocycles. The number of carbonyl (C=O) groups excluding carboxylic acids is 1. The van der Waals surface area contributed by atoms with E-state index >= 15 is 0 Å². The quantitative estimate of drug-likeness (QED) is 0.0252. The van der Waals surface area contributed by atoms with Crippen LogP contribution in [0.15, 0.2) is 0 Å². The zero-order valence-corrected chi connectivity index (χ0v) is 55.9. The molecule has 89 heavy (non-hydrogen) atoms. The zero-order chi connectivity index (χ0) is 64.7. The van der Waals surface area contributed by atoms with Gasteiger partial charge < -0.3 is 89.9 Å². The molecule has 0 radical (unpaired) electrons. The molecule has 3 heterocycles. The van der Waals surface area contributed by atoms with E-state index in [4.69, 9.17) is 28.4 Å². The van der Waals surface area contributed by atoms with Crippen LogP contribution in [0, 0.1) is 0 Å². The van der Waals surface area contributed by atoms with Gasteiger partial charge in [-0.15, -0.1) is 0 Å². The number of nitrogens with one attached hydrogen (secondary N) is 1. The fourth-order valence-electron chi connectivity index (χ4n) is 13.0. The first-order valence-electron chi connectivity index (χ1n) is 36.8. The average molecular weight is 1280 g/mol. The van der Waals surface area contributed by atoms with E-state index in [0.29, 0.717) is 12.8 Å². The Morgan fingerprint density at radius 2 is 0.640 bits per heavy atom. The topological polar surface area (TPSA) is 307 Å². The van der Waals surface area contributed by atoms with Crippen LogP contribution in [-0.2, 0) is 33.2 Å². The highest BCUT2D eigenvalue weighted by Crippen LogP contribution is 2.33. The first kappa shape index (κ1) is 82.0. The highest BCUT2D eigenvalue weighted by atomic mass is 16.8. The van der Waals surface area contributed by atoms with Crippen LogP contribution >= 0.6 is 0 Å². The number of hydrogen-bond donors (Lipinski definition) is 12. The lowest BCUT2D eigenvalue weighted by atomic mass is 9.96. The first-order valence-corrected chi connectivity index (χ1v) is 36.8. The van der Waals surface area contributed by atoms with Crippen LogP contribution in [0.2, 0.25) is 0 Å². The Morgan fingerprint density at radius 3 is 0.978 bits per heavy atom. The SMILES string of the molecule is CCCCCCCCCCCCCCCCCCCCCCCCCCCCCCCCCCCCCCCCCCC(=O)NC(COC1OC(CO)C(OC2OC(CO)C(OC3OC(CO)C(O)C(O)C3O)C(O)C2O)C(O)C1O)C(O)CCCCCC. The monoisotopic (exact) mass is 1280 g/mol. The second kappa shape index (κ2) is 53.0. The number of aliphatic hydroxyl groups excluding tert-OH is 11. The van der Waals surface area contributed by atoms with Gasteiger partial charge in [0.15, 0.2) is 18.9 Å². The Balaban J connectivity index is 1.18. The molecule has 12 N–H and O–H groups in total. The van der Waals surface area contributed by atoms with Crippen LogP contribution in [-0.4, -0.2) is 193 Å². The van der Waals surface area contributed by atoms with Gasteiger partial charge in [-0.3, -0.25) is 4.79 Å². The molecule has 0 spiro atoms. The van der Waals surface area contributed by atoms with E-state index in [9.17, 15) is 61.0 Å². The van der Waals surface area contributed by atoms with Crippen molar-refractivity contribution in [2.75, 3.05) is 26.4 Å². The summed E-state index contributed by atoms with van der Waals surface area (Å²) in [5.74, 6) is -0.245. The van der Waals surface area contributed by atoms with Crippen molar-refractivity contribution >= 4 is 5.91 Å². The van der Waals surface area contributed by atoms with Crippen LogP contribution in [0.3, 0.4) is 0 Å². The van der Waals surface area contributed by atoms with Gasteiger partial charge in [0, 0.05) is 6.42 Å². The van der Waals surface area contributed by atoms with Crippen LogP contribution in [0.4, 0.5) is 0 Å². The van der Waals surface area contributed by atoms with E-state index in [2.05, 4.69) is 19.2 Å². The van der Waals surface area contributed by atoms with Gasteiger partial charge >= 0.3 is 0 Å². The van der Waals surface area contributed by atoms with Crippen molar-refractivity contribution in [3.8, 4) is 0 Å². The van der Waals surface area contributed by atoms with E-state index < -0.39 is 124 Å². The number of aliphatic hydroxyl groups is 11. The fraction of sp³-hybridized carbons (Fsp3) is 0.986. The Hall–Kier alpha value is -1.21. The smallest absolute Gasteiger partial charge is 0.220 e. The van der Waals surface area contributed by atoms with Gasteiger partial charge in [-0.1, -0.05) is 290 Å². The third-order valence-electron chi connectivity index (χ3n) is 18.9. The molecule has 0 aliphatic carbocycles. The van der Waals surface area contributed by atoms with Gasteiger partial charge in [-0.2, -0.15) is 0 Å². The largest absolute Gasteiger partial charge is 0.394 e. The maximum Gasteiger partial charge on any atom is 0.220 e. The molecule has 0 aromatic carbocycles. The summed E-state index contributed by atoms with van der Waals surface area (Å²) in [5, 5.41) is 120. The van der Waals surface area contributed by atoms with Crippen LogP contribution < -0.4 is 5.32 Å². The number of ether oxygens (including phenoxy) is 6. The molecule has 17 atom stereocenters. The van der Waals surface area contributed by atoms with Gasteiger partial charge in [0.2, 0.25) is 5.91 Å². The summed E-state index contributed by atoms with van der Waals surface area (Å²) in [4.78, 5) is 13.2. The molecule has 0 aromatic heterocycles. The number of hydrogen-bond acceptors (Lipinski definition) is 18. The maximum absolute atomic E-state index is 13.2. The molecular formula is C70H135NO18. The Kier molecular flexibility index (Phi) is 48.8. The minimum atomic E-state index is -1.97. The summed E-state index contributed by atoms with van der Waals surface area (Å²) in [6.07, 6.45) is 32.2. The van der Waals surface area contributed by atoms with Gasteiger partial charge in [0.25, 0.3) is 0 Å². The molecule has 0 bridgehead atoms. The van der Waals surface area contributed by atoms with Crippen LogP contribution in [0.25, 0.3) is 0 Å². The Bertz CT molecular complexity index is 1620. The molecule has 3 fully saturated rings. The highest BCUT2D eigenvalue weighted by Gasteiger charge is 2.53. The molecule has 19 nitrogen and oxygen atoms in total. The first-order chi connectivity index (χ1) is 43.3. The summed E-state index contributed by atoms with van der Waals surface area (Å²) < 4.78 is 34.2. The van der Waals surface area contributed by atoms with Crippen LogP contribution in [0.5, 0.6) is 0 Å². The van der Waals surface area contributed by atoms with E-state index in [1.165, 1.54) is 231 Å². The van der Waals surface area contributed by atoms with E-state index in [-0.39, 0.29) is 18.9 Å². The molecule has 3 aliphatic heterocycles. The molecular weight excluding hydrogens is 1140 g/mol. The van der Waals surface area contributed by atoms with Crippen molar-refractivity contribution < 1.29 is 89.4 Å². The summed E-state index contributed by atoms with van der Waals surface area (Å²) in [6.45, 7) is 1.68. The van der Waals surface area contributed by atoms with Gasteiger partial charge in [-0.25, -0.2) is 0 Å². The molecule has 0 aromatic rings. The number of carbonyl (C=O) groups is 1. The summed E-state index contributed by atoms with van der Waals surface area (Å²) in [5.41, 5.74) is 0. The van der Waals surface area contributed by atoms with Crippen molar-refractivity contribution in [1.82, 2.24) is 5.32 Å². The molecule has 3 aliphatic rings. The lowest BCUT2D eigenvalue weighted by Gasteiger charge is -2.48. The molecule has 528 valence electrons. The minimum Gasteiger partial charge on any atom is -0.394 e. The predicted molar refractivity (Wildman–Crippen MR) is 347 cm³/mol. The van der Waals surface area contributed by atoms with Crippen molar-refractivity contribution in [3.05, 3.63) is 0 Å². The van der Waals surface area contributed by atoms with E-state index in [1.807, 2.05) is 0 Å². The lowest BCUT2D eigenvalue weighted by Crippen LogP contribution is -2.66. The molecule has 0 saturated carbocycles. The minimum absolute atomic E-state index is 0.245. The summed E-state index contributed by atoms with van der Waals surface area (Å²) in [6, 6.07) is -0.878. The van der Waals surface area contributed by atoms with E-state index in [0.717, 1.165) is 44.9 Å². The Labute approximate surface area is 538 Å². The maximum atomic E-state index is 13.2. The average Bonchev–Trinajstić information content (AvgIpc) is 1.11. The Morgan fingerprint density at radius 1 is 0.360 bits per heavy atom. The predicted octanol–water partition coefficient (Wildman–Crippen LogP) is 10.3. The lowest BCUT2D eigenvalue weighted by molar-refractivity contribution is -0.379. The molecule has 17 unspecified atom stereocenters. The van der Waals surface area contributed by atoms with Crippen LogP contribution in [0.1, 0.15) is 309 Å². The third-order valence-corrected chi connectivity index (χ3v) is 18.9. The van der Waals surface area contributed by atoms with Crippen molar-refractivity contribution in [2.45, 2.75) is 413 Å². The standard InChI is InChI=1S/C70H135NO18/c1-3-5-7-9-10-11-12-13-14-15-16-17-18-19-20-21-22-23-24-25-26-27-28-29-30-31-32-33-34-35-36-37-38-39-40-41-42-43-44-46-48-58(76)71-53(54(75)47-45-8-6-4-2)52-84-68-64(82)61(79)66(56(50-73)86-68)89-70-65(83)62(80)67(57(51-74)87-70)88-69-63(81)60(78)59(77)55(49-72)85-69/h53-57,59-70,72-75,77-83H,3-52H2,1-2H3,(H,71,76). The number of rotatable bonds is 58. The molecule has 3 rings (SSSR count). The molecule has 1 amide bonds. The second-order valence-corrected chi connectivity index (χ2v) is 26.8. The van der Waals surface area contributed by atoms with Crippen molar-refractivity contribution in [2.24, 2.45) is 0 Å². The van der Waals surface area contributed by atoms with Gasteiger partial charge in [0.05, 0.1) is 38.6 Å². The normalized spacial score (nSPS) is 28.1. The van der Waals surface area contributed by atoms with E-state index in [1.54, 1.807) is 0 Å². The van der Waals surface area contributed by atoms with Gasteiger partial charge in [-0.05, 0) is 12.8 Å². The zero-order valence-electron chi connectivity index (χ0n) is 55.9. The van der Waals surface area contributed by atoms with Crippen molar-refractivity contribution in [1.29, 1.82) is 0 Å². The fourth-order valence-corrected chi connectivity index (χ4v) is 13.0. The summed E-state index contributed by atoms with van der Waals surface area (Å²) >= 11 is 0. The molecule has 19 heteroatoms. The van der Waals surface area contributed by atoms with Gasteiger partial charge in [0.1, 0.15) is 73.2 Å². The van der Waals surface area contributed by atoms with Crippen molar-refractivity contribution in [3.63, 3.8) is 0 Å². The third kappa shape index (κ3) is 34.9. The highest BCUT2D eigenvalue weighted by molar-refractivity contribution is 5.76. The second-order valence-electron chi connectivity index (χ2n) is 26.8. The number of amides is 1. The summed E-state index contributed by atoms with van der Waals surface area (Å²) in [7, 11) is 0. The number of unbranched alkanes of at least 4 members (excludes halogenated alkanes) is 42.